The maximum absolute atomic E-state index is 14.0. The van der Waals surface area contributed by atoms with Gasteiger partial charge < -0.3 is 4.90 Å². The minimum atomic E-state index is -1.47. The summed E-state index contributed by atoms with van der Waals surface area (Å²) in [7, 11) is 3.71. The number of nitrogens with zero attached hydrogens (tertiary/aromatic N) is 1. The van der Waals surface area contributed by atoms with Crippen molar-refractivity contribution in [1.82, 2.24) is 10.3 Å². The first kappa shape index (κ1) is 16.9. The zero-order valence-electron chi connectivity index (χ0n) is 12.3. The highest BCUT2D eigenvalue weighted by molar-refractivity contribution is 5.27. The SMILES string of the molecule is CCC(CC)(C(NN)c1ccc(F)c(F)c1F)N(C)C. The van der Waals surface area contributed by atoms with E-state index in [4.69, 9.17) is 5.84 Å². The van der Waals surface area contributed by atoms with Gasteiger partial charge in [0.15, 0.2) is 17.5 Å². The largest absolute Gasteiger partial charge is 0.302 e. The molecule has 0 saturated heterocycles. The van der Waals surface area contributed by atoms with Crippen LogP contribution in [0.2, 0.25) is 0 Å². The highest BCUT2D eigenvalue weighted by Gasteiger charge is 2.40. The summed E-state index contributed by atoms with van der Waals surface area (Å²) < 4.78 is 40.6. The van der Waals surface area contributed by atoms with Crippen LogP contribution in [0.25, 0.3) is 0 Å². The monoisotopic (exact) mass is 289 g/mol. The van der Waals surface area contributed by atoms with Crippen LogP contribution in [0.1, 0.15) is 38.3 Å². The Morgan fingerprint density at radius 2 is 1.70 bits per heavy atom. The van der Waals surface area contributed by atoms with Crippen molar-refractivity contribution in [2.24, 2.45) is 5.84 Å². The third kappa shape index (κ3) is 2.68. The van der Waals surface area contributed by atoms with E-state index in [0.717, 1.165) is 6.07 Å². The van der Waals surface area contributed by atoms with Crippen LogP contribution in [0.4, 0.5) is 13.2 Å². The molecule has 0 heterocycles. The molecule has 1 aromatic carbocycles. The number of benzene rings is 1. The normalized spacial score (nSPS) is 13.8. The van der Waals surface area contributed by atoms with Crippen molar-refractivity contribution >= 4 is 0 Å². The quantitative estimate of drug-likeness (QED) is 0.481. The lowest BCUT2D eigenvalue weighted by Crippen LogP contribution is -2.55. The molecule has 0 radical (unpaired) electrons. The Balaban J connectivity index is 3.42. The number of nitrogens with two attached hydrogens (primary N) is 1. The van der Waals surface area contributed by atoms with E-state index < -0.39 is 29.0 Å². The second kappa shape index (κ2) is 6.56. The van der Waals surface area contributed by atoms with E-state index in [1.807, 2.05) is 32.8 Å². The van der Waals surface area contributed by atoms with E-state index in [0.29, 0.717) is 12.8 Å². The lowest BCUT2D eigenvalue weighted by molar-refractivity contribution is 0.0860. The first-order valence-electron chi connectivity index (χ1n) is 6.62. The third-order valence-corrected chi connectivity index (χ3v) is 4.20. The lowest BCUT2D eigenvalue weighted by atomic mass is 9.79. The van der Waals surface area contributed by atoms with E-state index in [2.05, 4.69) is 5.43 Å². The molecule has 0 amide bonds. The molecule has 0 fully saturated rings. The van der Waals surface area contributed by atoms with Gasteiger partial charge in [0.2, 0.25) is 0 Å². The Morgan fingerprint density at radius 1 is 1.15 bits per heavy atom. The number of halogens is 3. The summed E-state index contributed by atoms with van der Waals surface area (Å²) >= 11 is 0. The van der Waals surface area contributed by atoms with Gasteiger partial charge in [-0.1, -0.05) is 19.9 Å². The van der Waals surface area contributed by atoms with Crippen molar-refractivity contribution in [3.8, 4) is 0 Å². The molecule has 20 heavy (non-hydrogen) atoms. The van der Waals surface area contributed by atoms with Crippen LogP contribution >= 0.6 is 0 Å². The Bertz CT molecular complexity index is 459. The molecule has 0 saturated carbocycles. The minimum Gasteiger partial charge on any atom is -0.302 e. The number of hydrazine groups is 1. The number of hydrogen-bond acceptors (Lipinski definition) is 3. The lowest BCUT2D eigenvalue weighted by Gasteiger charge is -2.45. The fourth-order valence-corrected chi connectivity index (χ4v) is 2.85. The zero-order chi connectivity index (χ0) is 15.5. The van der Waals surface area contributed by atoms with Gasteiger partial charge in [-0.2, -0.15) is 0 Å². The van der Waals surface area contributed by atoms with E-state index in [1.54, 1.807) is 0 Å². The number of rotatable bonds is 6. The highest BCUT2D eigenvalue weighted by atomic mass is 19.2. The van der Waals surface area contributed by atoms with Gasteiger partial charge in [0, 0.05) is 11.1 Å². The molecule has 0 aromatic heterocycles. The molecular weight excluding hydrogens is 267 g/mol. The molecule has 0 bridgehead atoms. The van der Waals surface area contributed by atoms with Crippen molar-refractivity contribution in [3.05, 3.63) is 35.1 Å². The molecule has 1 atom stereocenters. The molecule has 3 nitrogen and oxygen atoms in total. The van der Waals surface area contributed by atoms with Gasteiger partial charge in [0.05, 0.1) is 6.04 Å². The van der Waals surface area contributed by atoms with Crippen LogP contribution in [0.5, 0.6) is 0 Å². The second-order valence-electron chi connectivity index (χ2n) is 5.07. The van der Waals surface area contributed by atoms with Crippen molar-refractivity contribution in [2.75, 3.05) is 14.1 Å². The number of hydrogen-bond donors (Lipinski definition) is 2. The Kier molecular flexibility index (Phi) is 5.56. The standard InChI is InChI=1S/C14H22F3N3/c1-5-14(6-2,20(3)4)13(19-18)9-7-8-10(15)12(17)11(9)16/h7-8,13,19H,5-6,18H2,1-4H3. The van der Waals surface area contributed by atoms with Gasteiger partial charge in [-0.3, -0.25) is 11.3 Å². The second-order valence-corrected chi connectivity index (χ2v) is 5.07. The molecule has 0 aliphatic carbocycles. The van der Waals surface area contributed by atoms with Crippen molar-refractivity contribution < 1.29 is 13.2 Å². The molecule has 1 aromatic rings. The van der Waals surface area contributed by atoms with E-state index in [-0.39, 0.29) is 5.56 Å². The fraction of sp³-hybridized carbons (Fsp3) is 0.571. The predicted octanol–water partition coefficient (Wildman–Crippen LogP) is 2.73. The van der Waals surface area contributed by atoms with Crippen LogP contribution in [0, 0.1) is 17.5 Å². The Morgan fingerprint density at radius 3 is 2.10 bits per heavy atom. The number of likely N-dealkylation sites (N-methyl/N-ethyl adjacent to an activating group) is 1. The maximum atomic E-state index is 14.0. The maximum Gasteiger partial charge on any atom is 0.194 e. The summed E-state index contributed by atoms with van der Waals surface area (Å²) in [5, 5.41) is 0. The Labute approximate surface area is 117 Å². The summed E-state index contributed by atoms with van der Waals surface area (Å²) in [6.07, 6.45) is 1.34. The molecule has 0 aliphatic heterocycles. The molecule has 1 rings (SSSR count). The van der Waals surface area contributed by atoms with Gasteiger partial charge in [0.25, 0.3) is 0 Å². The molecular formula is C14H22F3N3. The van der Waals surface area contributed by atoms with Crippen molar-refractivity contribution in [2.45, 2.75) is 38.3 Å². The molecule has 0 aliphatic rings. The summed E-state index contributed by atoms with van der Waals surface area (Å²) in [6, 6.07) is 1.51. The molecule has 0 spiro atoms. The molecule has 1 unspecified atom stereocenters. The van der Waals surface area contributed by atoms with E-state index in [9.17, 15) is 13.2 Å². The fourth-order valence-electron chi connectivity index (χ4n) is 2.85. The summed E-state index contributed by atoms with van der Waals surface area (Å²) in [5.41, 5.74) is 2.09. The summed E-state index contributed by atoms with van der Waals surface area (Å²) in [6.45, 7) is 3.90. The van der Waals surface area contributed by atoms with E-state index >= 15 is 0 Å². The number of nitrogens with one attached hydrogen (secondary N) is 1. The first-order valence-corrected chi connectivity index (χ1v) is 6.62. The zero-order valence-corrected chi connectivity index (χ0v) is 12.3. The first-order chi connectivity index (χ1) is 9.35. The van der Waals surface area contributed by atoms with Crippen LogP contribution < -0.4 is 11.3 Å². The smallest absolute Gasteiger partial charge is 0.194 e. The summed E-state index contributed by atoms with van der Waals surface area (Å²) in [4.78, 5) is 1.93. The average molecular weight is 289 g/mol. The van der Waals surface area contributed by atoms with Crippen LogP contribution in [-0.4, -0.2) is 24.5 Å². The van der Waals surface area contributed by atoms with Crippen LogP contribution in [0.3, 0.4) is 0 Å². The van der Waals surface area contributed by atoms with Gasteiger partial charge in [-0.25, -0.2) is 13.2 Å². The predicted molar refractivity (Wildman–Crippen MR) is 73.4 cm³/mol. The Hall–Kier alpha value is -1.11. The van der Waals surface area contributed by atoms with E-state index in [1.165, 1.54) is 6.07 Å². The minimum absolute atomic E-state index is 0.0313. The highest BCUT2D eigenvalue weighted by Crippen LogP contribution is 2.37. The van der Waals surface area contributed by atoms with Crippen LogP contribution in [0.15, 0.2) is 12.1 Å². The third-order valence-electron chi connectivity index (χ3n) is 4.20. The van der Waals surface area contributed by atoms with Crippen molar-refractivity contribution in [3.63, 3.8) is 0 Å². The summed E-state index contributed by atoms with van der Waals surface area (Å²) in [5.74, 6) is 1.71. The topological polar surface area (TPSA) is 41.3 Å². The van der Waals surface area contributed by atoms with Crippen molar-refractivity contribution in [1.29, 1.82) is 0 Å². The van der Waals surface area contributed by atoms with Gasteiger partial charge in [-0.15, -0.1) is 0 Å². The molecule has 3 N–H and O–H groups in total. The molecule has 114 valence electrons. The average Bonchev–Trinajstić information content (AvgIpc) is 2.43. The van der Waals surface area contributed by atoms with Gasteiger partial charge >= 0.3 is 0 Å². The van der Waals surface area contributed by atoms with Gasteiger partial charge in [-0.05, 0) is 33.0 Å². The van der Waals surface area contributed by atoms with Crippen LogP contribution in [-0.2, 0) is 0 Å². The van der Waals surface area contributed by atoms with Gasteiger partial charge in [0.1, 0.15) is 0 Å². The molecule has 6 heteroatoms.